The molecule has 1 aliphatic rings. The molecule has 1 unspecified atom stereocenters. The van der Waals surface area contributed by atoms with Crippen LogP contribution in [-0.2, 0) is 14.9 Å². The summed E-state index contributed by atoms with van der Waals surface area (Å²) < 4.78 is 11.2. The number of rotatable bonds is 5. The minimum absolute atomic E-state index is 0.0427. The Hall–Kier alpha value is -0.900. The maximum atomic E-state index is 6.22. The van der Waals surface area contributed by atoms with E-state index in [9.17, 15) is 0 Å². The van der Waals surface area contributed by atoms with Crippen LogP contribution in [-0.4, -0.2) is 26.4 Å². The Morgan fingerprint density at radius 3 is 2.38 bits per heavy atom. The van der Waals surface area contributed by atoms with Crippen molar-refractivity contribution in [2.24, 2.45) is 11.7 Å². The molecule has 0 radical (unpaired) electrons. The van der Waals surface area contributed by atoms with Crippen LogP contribution in [0.15, 0.2) is 24.3 Å². The molecule has 118 valence electrons. The van der Waals surface area contributed by atoms with Crippen molar-refractivity contribution in [2.45, 2.75) is 45.1 Å². The highest BCUT2D eigenvalue weighted by Crippen LogP contribution is 2.23. The van der Waals surface area contributed by atoms with Crippen molar-refractivity contribution >= 4 is 0 Å². The van der Waals surface area contributed by atoms with E-state index >= 15 is 0 Å². The summed E-state index contributed by atoms with van der Waals surface area (Å²) in [5.41, 5.74) is 8.89. The Bertz CT molecular complexity index is 416. The normalized spacial score (nSPS) is 18.7. The molecule has 21 heavy (non-hydrogen) atoms. The Labute approximate surface area is 128 Å². The largest absolute Gasteiger partial charge is 0.381 e. The van der Waals surface area contributed by atoms with Gasteiger partial charge in [-0.25, -0.2) is 0 Å². The Morgan fingerprint density at radius 1 is 1.19 bits per heavy atom. The monoisotopic (exact) mass is 291 g/mol. The third-order valence-corrected chi connectivity index (χ3v) is 4.20. The van der Waals surface area contributed by atoms with E-state index in [1.807, 2.05) is 0 Å². The van der Waals surface area contributed by atoms with E-state index in [1.54, 1.807) is 0 Å². The van der Waals surface area contributed by atoms with Gasteiger partial charge < -0.3 is 15.2 Å². The van der Waals surface area contributed by atoms with Crippen LogP contribution in [0.5, 0.6) is 0 Å². The van der Waals surface area contributed by atoms with Crippen molar-refractivity contribution in [3.8, 4) is 0 Å². The standard InChI is InChI=1S/C18H29NO2/c1-18(2,3)16-6-4-15(5-7-16)17(19)13-21-12-14-8-10-20-11-9-14/h4-7,14,17H,8-13,19H2,1-3H3. The fourth-order valence-corrected chi connectivity index (χ4v) is 2.60. The van der Waals surface area contributed by atoms with E-state index in [4.69, 9.17) is 15.2 Å². The lowest BCUT2D eigenvalue weighted by atomic mass is 9.86. The lowest BCUT2D eigenvalue weighted by Gasteiger charge is -2.23. The van der Waals surface area contributed by atoms with E-state index in [2.05, 4.69) is 45.0 Å². The van der Waals surface area contributed by atoms with Gasteiger partial charge in [0.05, 0.1) is 12.6 Å². The van der Waals surface area contributed by atoms with Crippen LogP contribution < -0.4 is 5.73 Å². The summed E-state index contributed by atoms with van der Waals surface area (Å²) in [6.45, 7) is 9.79. The van der Waals surface area contributed by atoms with Crippen LogP contribution in [0.1, 0.15) is 50.8 Å². The number of nitrogens with two attached hydrogens (primary N) is 1. The third-order valence-electron chi connectivity index (χ3n) is 4.20. The molecule has 0 bridgehead atoms. The number of hydrogen-bond donors (Lipinski definition) is 1. The van der Waals surface area contributed by atoms with Crippen molar-refractivity contribution in [1.29, 1.82) is 0 Å². The van der Waals surface area contributed by atoms with Gasteiger partial charge in [-0.1, -0.05) is 45.0 Å². The van der Waals surface area contributed by atoms with Gasteiger partial charge in [-0.05, 0) is 35.3 Å². The fourth-order valence-electron chi connectivity index (χ4n) is 2.60. The molecule has 0 amide bonds. The van der Waals surface area contributed by atoms with Crippen molar-refractivity contribution in [2.75, 3.05) is 26.4 Å². The van der Waals surface area contributed by atoms with Gasteiger partial charge in [0.15, 0.2) is 0 Å². The van der Waals surface area contributed by atoms with Crippen molar-refractivity contribution < 1.29 is 9.47 Å². The predicted molar refractivity (Wildman–Crippen MR) is 86.4 cm³/mol. The second-order valence-electron chi connectivity index (χ2n) is 7.07. The van der Waals surface area contributed by atoms with Crippen molar-refractivity contribution in [1.82, 2.24) is 0 Å². The molecule has 1 fully saturated rings. The Kier molecular flexibility index (Phi) is 5.80. The summed E-state index contributed by atoms with van der Waals surface area (Å²) in [5, 5.41) is 0. The maximum Gasteiger partial charge on any atom is 0.0659 e. The summed E-state index contributed by atoms with van der Waals surface area (Å²) in [6.07, 6.45) is 2.21. The summed E-state index contributed by atoms with van der Waals surface area (Å²) >= 11 is 0. The van der Waals surface area contributed by atoms with Gasteiger partial charge in [-0.3, -0.25) is 0 Å². The minimum Gasteiger partial charge on any atom is -0.381 e. The fraction of sp³-hybridized carbons (Fsp3) is 0.667. The summed E-state index contributed by atoms with van der Waals surface area (Å²) in [4.78, 5) is 0. The molecular formula is C18H29NO2. The molecule has 3 heteroatoms. The molecule has 2 N–H and O–H groups in total. The Morgan fingerprint density at radius 2 is 1.81 bits per heavy atom. The first-order valence-electron chi connectivity index (χ1n) is 7.98. The van der Waals surface area contributed by atoms with Gasteiger partial charge >= 0.3 is 0 Å². The van der Waals surface area contributed by atoms with Crippen LogP contribution >= 0.6 is 0 Å². The number of benzene rings is 1. The van der Waals surface area contributed by atoms with Crippen molar-refractivity contribution in [3.63, 3.8) is 0 Å². The molecule has 1 heterocycles. The first-order chi connectivity index (χ1) is 9.97. The molecule has 1 atom stereocenters. The third kappa shape index (κ3) is 5.10. The van der Waals surface area contributed by atoms with Crippen LogP contribution in [0.2, 0.25) is 0 Å². The summed E-state index contributed by atoms with van der Waals surface area (Å²) in [6, 6.07) is 8.56. The topological polar surface area (TPSA) is 44.5 Å². The lowest BCUT2D eigenvalue weighted by Crippen LogP contribution is -2.23. The van der Waals surface area contributed by atoms with Crippen LogP contribution in [0.3, 0.4) is 0 Å². The van der Waals surface area contributed by atoms with E-state index in [-0.39, 0.29) is 11.5 Å². The second-order valence-corrected chi connectivity index (χ2v) is 7.07. The van der Waals surface area contributed by atoms with Gasteiger partial charge in [0.2, 0.25) is 0 Å². The lowest BCUT2D eigenvalue weighted by molar-refractivity contribution is 0.0174. The SMILES string of the molecule is CC(C)(C)c1ccc(C(N)COCC2CCOCC2)cc1. The van der Waals surface area contributed by atoms with Gasteiger partial charge in [0.25, 0.3) is 0 Å². The molecule has 1 saturated heterocycles. The Balaban J connectivity index is 1.78. The van der Waals surface area contributed by atoms with Gasteiger partial charge in [0.1, 0.15) is 0 Å². The highest BCUT2D eigenvalue weighted by molar-refractivity contribution is 5.29. The predicted octanol–water partition coefficient (Wildman–Crippen LogP) is 3.43. The van der Waals surface area contributed by atoms with Crippen LogP contribution in [0.25, 0.3) is 0 Å². The zero-order valence-electron chi connectivity index (χ0n) is 13.6. The smallest absolute Gasteiger partial charge is 0.0659 e. The molecule has 0 aliphatic carbocycles. The average Bonchev–Trinajstić information content (AvgIpc) is 2.47. The number of ether oxygens (including phenoxy) is 2. The van der Waals surface area contributed by atoms with Crippen molar-refractivity contribution in [3.05, 3.63) is 35.4 Å². The molecule has 0 saturated carbocycles. The molecule has 1 aromatic carbocycles. The highest BCUT2D eigenvalue weighted by atomic mass is 16.5. The van der Waals surface area contributed by atoms with Gasteiger partial charge in [0, 0.05) is 19.8 Å². The molecule has 0 aromatic heterocycles. The van der Waals surface area contributed by atoms with E-state index in [0.29, 0.717) is 12.5 Å². The molecule has 2 rings (SSSR count). The highest BCUT2D eigenvalue weighted by Gasteiger charge is 2.16. The van der Waals surface area contributed by atoms with E-state index in [1.165, 1.54) is 5.56 Å². The molecule has 1 aliphatic heterocycles. The maximum absolute atomic E-state index is 6.22. The summed E-state index contributed by atoms with van der Waals surface area (Å²) in [5.74, 6) is 0.634. The van der Waals surface area contributed by atoms with Gasteiger partial charge in [-0.2, -0.15) is 0 Å². The zero-order valence-corrected chi connectivity index (χ0v) is 13.6. The van der Waals surface area contributed by atoms with E-state index < -0.39 is 0 Å². The first kappa shape index (κ1) is 16.5. The molecule has 3 nitrogen and oxygen atoms in total. The van der Waals surface area contributed by atoms with E-state index in [0.717, 1.165) is 38.2 Å². The quantitative estimate of drug-likeness (QED) is 0.904. The number of hydrogen-bond acceptors (Lipinski definition) is 3. The molecule has 0 spiro atoms. The second kappa shape index (κ2) is 7.39. The van der Waals surface area contributed by atoms with Crippen LogP contribution in [0, 0.1) is 5.92 Å². The summed E-state index contributed by atoms with van der Waals surface area (Å²) in [7, 11) is 0. The minimum atomic E-state index is -0.0427. The first-order valence-corrected chi connectivity index (χ1v) is 7.98. The molecule has 1 aromatic rings. The van der Waals surface area contributed by atoms with Crippen LogP contribution in [0.4, 0.5) is 0 Å². The van der Waals surface area contributed by atoms with Gasteiger partial charge in [-0.15, -0.1) is 0 Å². The molecular weight excluding hydrogens is 262 g/mol. The zero-order chi connectivity index (χ0) is 15.3. The average molecular weight is 291 g/mol.